The van der Waals surface area contributed by atoms with Crippen LogP contribution < -0.4 is 0 Å². The molecule has 0 aromatic rings. The summed E-state index contributed by atoms with van der Waals surface area (Å²) in [6.07, 6.45) is 3.10. The lowest BCUT2D eigenvalue weighted by molar-refractivity contribution is -0.104. The predicted octanol–water partition coefficient (Wildman–Crippen LogP) is 2.52. The molecule has 0 fully saturated rings. The van der Waals surface area contributed by atoms with Crippen molar-refractivity contribution < 1.29 is 9.18 Å². The lowest BCUT2D eigenvalue weighted by Gasteiger charge is -2.06. The Hall–Kier alpha value is -0.190. The largest absolute Gasteiger partial charge is 0.298 e. The molecular weight excluding hydrogens is 246 g/mol. The fourth-order valence-electron chi connectivity index (χ4n) is 0.791. The predicted molar refractivity (Wildman–Crippen MR) is 45.5 cm³/mol. The Bertz CT molecular complexity index is 218. The summed E-state index contributed by atoms with van der Waals surface area (Å²) in [6.45, 7) is 0. The zero-order chi connectivity index (χ0) is 7.56. The molecule has 0 radical (unpaired) electrons. The first kappa shape index (κ1) is 7.91. The summed E-state index contributed by atoms with van der Waals surface area (Å²) < 4.78 is 13.4. The molecule has 54 valence electrons. The van der Waals surface area contributed by atoms with E-state index in [1.54, 1.807) is 0 Å². The minimum absolute atomic E-state index is 0.192. The quantitative estimate of drug-likeness (QED) is 0.517. The Balaban J connectivity index is 2.92. The summed E-state index contributed by atoms with van der Waals surface area (Å²) >= 11 is 2.07. The average molecular weight is 252 g/mol. The summed E-state index contributed by atoms with van der Waals surface area (Å²) in [5, 5.41) is 0. The molecule has 0 aromatic heterocycles. The monoisotopic (exact) mass is 252 g/mol. The Morgan fingerprint density at radius 3 is 2.80 bits per heavy atom. The van der Waals surface area contributed by atoms with Crippen molar-refractivity contribution in [2.75, 3.05) is 0 Å². The van der Waals surface area contributed by atoms with Crippen molar-refractivity contribution in [2.45, 2.75) is 12.8 Å². The van der Waals surface area contributed by atoms with Crippen LogP contribution in [0.1, 0.15) is 12.8 Å². The van der Waals surface area contributed by atoms with Crippen molar-refractivity contribution in [3.63, 3.8) is 0 Å². The zero-order valence-electron chi connectivity index (χ0n) is 5.23. The van der Waals surface area contributed by atoms with E-state index in [1.165, 1.54) is 6.08 Å². The lowest BCUT2D eigenvalue weighted by Crippen LogP contribution is -1.92. The van der Waals surface area contributed by atoms with Gasteiger partial charge in [0.05, 0.1) is 0 Å². The average Bonchev–Trinajstić information content (AvgIpc) is 1.94. The molecule has 0 N–H and O–H groups in total. The molecule has 0 amide bonds. The van der Waals surface area contributed by atoms with Crippen molar-refractivity contribution >= 4 is 28.9 Å². The first-order valence-electron chi connectivity index (χ1n) is 2.94. The molecule has 0 heterocycles. The highest BCUT2D eigenvalue weighted by Gasteiger charge is 2.09. The molecule has 0 saturated carbocycles. The Labute approximate surface area is 72.1 Å². The van der Waals surface area contributed by atoms with Gasteiger partial charge in [-0.3, -0.25) is 4.79 Å². The molecule has 0 aromatic carbocycles. The van der Waals surface area contributed by atoms with Gasteiger partial charge < -0.3 is 0 Å². The molecule has 0 saturated heterocycles. The molecule has 0 spiro atoms. The molecule has 0 unspecified atom stereocenters. The minimum Gasteiger partial charge on any atom is -0.298 e. The van der Waals surface area contributed by atoms with Gasteiger partial charge in [0.1, 0.15) is 5.83 Å². The van der Waals surface area contributed by atoms with Crippen LogP contribution in [0.4, 0.5) is 4.39 Å². The van der Waals surface area contributed by atoms with E-state index >= 15 is 0 Å². The molecule has 0 atom stereocenters. The van der Waals surface area contributed by atoms with Crippen LogP contribution in [-0.2, 0) is 4.79 Å². The molecule has 1 rings (SSSR count). The van der Waals surface area contributed by atoms with E-state index in [1.807, 2.05) is 0 Å². The van der Waals surface area contributed by atoms with Crippen LogP contribution in [0.2, 0.25) is 0 Å². The lowest BCUT2D eigenvalue weighted by atomic mass is 10.1. The number of aldehydes is 1. The van der Waals surface area contributed by atoms with E-state index in [0.717, 1.165) is 3.58 Å². The fourth-order valence-corrected chi connectivity index (χ4v) is 1.34. The fraction of sp³-hybridized carbons (Fsp3) is 0.286. The first-order valence-corrected chi connectivity index (χ1v) is 4.02. The molecule has 1 nitrogen and oxygen atoms in total. The van der Waals surface area contributed by atoms with Crippen LogP contribution in [0.15, 0.2) is 21.1 Å². The third-order valence-electron chi connectivity index (χ3n) is 1.34. The van der Waals surface area contributed by atoms with Crippen molar-refractivity contribution in [2.24, 2.45) is 0 Å². The zero-order valence-corrected chi connectivity index (χ0v) is 7.39. The topological polar surface area (TPSA) is 17.1 Å². The SMILES string of the molecule is O=CC1=C(I)CCC(F)=C1. The van der Waals surface area contributed by atoms with Gasteiger partial charge in [0.15, 0.2) is 6.29 Å². The molecule has 10 heavy (non-hydrogen) atoms. The maximum atomic E-state index is 12.5. The molecule has 1 aliphatic rings. The third kappa shape index (κ3) is 1.65. The van der Waals surface area contributed by atoms with Crippen molar-refractivity contribution in [1.82, 2.24) is 0 Å². The van der Waals surface area contributed by atoms with E-state index in [2.05, 4.69) is 22.6 Å². The van der Waals surface area contributed by atoms with Gasteiger partial charge in [0, 0.05) is 15.6 Å². The first-order chi connectivity index (χ1) is 4.74. The maximum Gasteiger partial charge on any atom is 0.150 e. The number of halogens is 2. The van der Waals surface area contributed by atoms with Crippen molar-refractivity contribution in [3.05, 3.63) is 21.1 Å². The van der Waals surface area contributed by atoms with Crippen LogP contribution >= 0.6 is 22.6 Å². The van der Waals surface area contributed by atoms with Gasteiger partial charge in [-0.25, -0.2) is 4.39 Å². The van der Waals surface area contributed by atoms with Gasteiger partial charge in [-0.05, 0) is 35.1 Å². The van der Waals surface area contributed by atoms with Gasteiger partial charge in [-0.15, -0.1) is 0 Å². The molecule has 0 bridgehead atoms. The summed E-state index contributed by atoms with van der Waals surface area (Å²) in [7, 11) is 0. The molecule has 1 aliphatic carbocycles. The standard InChI is InChI=1S/C7H6FIO/c8-6-1-2-7(9)5(3-6)4-10/h3-4H,1-2H2. The van der Waals surface area contributed by atoms with Gasteiger partial charge in [0.25, 0.3) is 0 Å². The Morgan fingerprint density at radius 2 is 2.30 bits per heavy atom. The van der Waals surface area contributed by atoms with Crippen LogP contribution in [0, 0.1) is 0 Å². The summed E-state index contributed by atoms with van der Waals surface area (Å²) in [6, 6.07) is 0. The molecule has 3 heteroatoms. The maximum absolute atomic E-state index is 12.5. The Morgan fingerprint density at radius 1 is 1.60 bits per heavy atom. The normalized spacial score (nSPS) is 18.8. The second-order valence-electron chi connectivity index (χ2n) is 2.07. The van der Waals surface area contributed by atoms with Crippen LogP contribution in [0.3, 0.4) is 0 Å². The van der Waals surface area contributed by atoms with Gasteiger partial charge in [0.2, 0.25) is 0 Å². The van der Waals surface area contributed by atoms with Gasteiger partial charge in [-0.1, -0.05) is 0 Å². The van der Waals surface area contributed by atoms with Crippen molar-refractivity contribution in [3.8, 4) is 0 Å². The second-order valence-corrected chi connectivity index (χ2v) is 3.37. The highest BCUT2D eigenvalue weighted by Crippen LogP contribution is 2.27. The number of carbonyl (C=O) groups is 1. The van der Waals surface area contributed by atoms with E-state index < -0.39 is 0 Å². The smallest absolute Gasteiger partial charge is 0.150 e. The van der Waals surface area contributed by atoms with Gasteiger partial charge >= 0.3 is 0 Å². The highest BCUT2D eigenvalue weighted by molar-refractivity contribution is 14.1. The van der Waals surface area contributed by atoms with E-state index in [4.69, 9.17) is 0 Å². The van der Waals surface area contributed by atoms with Gasteiger partial charge in [-0.2, -0.15) is 0 Å². The van der Waals surface area contributed by atoms with Crippen LogP contribution in [0.5, 0.6) is 0 Å². The number of allylic oxidation sites excluding steroid dienone is 4. The van der Waals surface area contributed by atoms with Crippen LogP contribution in [0.25, 0.3) is 0 Å². The van der Waals surface area contributed by atoms with Crippen molar-refractivity contribution in [1.29, 1.82) is 0 Å². The van der Waals surface area contributed by atoms with E-state index in [0.29, 0.717) is 24.7 Å². The minimum atomic E-state index is -0.192. The number of carbonyl (C=O) groups excluding carboxylic acids is 1. The number of rotatable bonds is 1. The molecular formula is C7H6FIO. The summed E-state index contributed by atoms with van der Waals surface area (Å²) in [4.78, 5) is 10.2. The number of hydrogen-bond donors (Lipinski definition) is 0. The molecule has 0 aliphatic heterocycles. The second kappa shape index (κ2) is 3.27. The van der Waals surface area contributed by atoms with E-state index in [-0.39, 0.29) is 5.83 Å². The van der Waals surface area contributed by atoms with Crippen LogP contribution in [-0.4, -0.2) is 6.29 Å². The third-order valence-corrected chi connectivity index (χ3v) is 2.50. The number of hydrogen-bond acceptors (Lipinski definition) is 1. The highest BCUT2D eigenvalue weighted by atomic mass is 127. The summed E-state index contributed by atoms with van der Waals surface area (Å²) in [5.41, 5.74) is 0.490. The summed E-state index contributed by atoms with van der Waals surface area (Å²) in [5.74, 6) is -0.192. The van der Waals surface area contributed by atoms with E-state index in [9.17, 15) is 9.18 Å². The Kier molecular flexibility index (Phi) is 2.59.